The van der Waals surface area contributed by atoms with E-state index in [2.05, 4.69) is 4.98 Å². The van der Waals surface area contributed by atoms with Crippen molar-refractivity contribution in [3.63, 3.8) is 0 Å². The molecule has 0 aliphatic rings. The number of pyridine rings is 1. The van der Waals surface area contributed by atoms with Crippen molar-refractivity contribution in [3.05, 3.63) is 65.8 Å². The van der Waals surface area contributed by atoms with Gasteiger partial charge in [-0.1, -0.05) is 35.9 Å². The molecule has 0 fully saturated rings. The van der Waals surface area contributed by atoms with Crippen molar-refractivity contribution >= 4 is 22.5 Å². The van der Waals surface area contributed by atoms with Gasteiger partial charge in [0, 0.05) is 5.39 Å². The Bertz CT molecular complexity index is 682. The van der Waals surface area contributed by atoms with Crippen LogP contribution in [0.4, 0.5) is 0 Å². The van der Waals surface area contributed by atoms with Gasteiger partial charge in [-0.3, -0.25) is 0 Å². The second-order valence-electron chi connectivity index (χ2n) is 3.87. The van der Waals surface area contributed by atoms with Crippen molar-refractivity contribution in [3.8, 4) is 11.5 Å². The Hall–Kier alpha value is -2.06. The van der Waals surface area contributed by atoms with Gasteiger partial charge in [0.2, 0.25) is 0 Å². The van der Waals surface area contributed by atoms with E-state index in [-0.39, 0.29) is 0 Å². The van der Waals surface area contributed by atoms with E-state index in [9.17, 15) is 0 Å². The molecule has 0 radical (unpaired) electrons. The molecule has 3 rings (SSSR count). The first-order chi connectivity index (χ1) is 8.83. The molecule has 0 aliphatic heterocycles. The molecule has 0 unspecified atom stereocenters. The maximum Gasteiger partial charge on any atom is 0.136 e. The van der Waals surface area contributed by atoms with Crippen LogP contribution in [0.15, 0.2) is 60.7 Å². The Balaban J connectivity index is 2.07. The molecule has 3 heteroatoms. The van der Waals surface area contributed by atoms with Crippen LogP contribution in [0.3, 0.4) is 0 Å². The molecule has 18 heavy (non-hydrogen) atoms. The maximum absolute atomic E-state index is 5.88. The minimum Gasteiger partial charge on any atom is -0.457 e. The van der Waals surface area contributed by atoms with Crippen LogP contribution in [0.1, 0.15) is 0 Å². The first kappa shape index (κ1) is 11.1. The van der Waals surface area contributed by atoms with Gasteiger partial charge in [-0.25, -0.2) is 4.98 Å². The third-order valence-electron chi connectivity index (χ3n) is 2.63. The van der Waals surface area contributed by atoms with Gasteiger partial charge in [0.05, 0.1) is 5.52 Å². The Morgan fingerprint density at radius 1 is 0.833 bits per heavy atom. The van der Waals surface area contributed by atoms with Gasteiger partial charge >= 0.3 is 0 Å². The molecular formula is C15H10ClNO. The molecule has 1 heterocycles. The van der Waals surface area contributed by atoms with Gasteiger partial charge in [-0.15, -0.1) is 0 Å². The summed E-state index contributed by atoms with van der Waals surface area (Å²) in [5, 5.41) is 1.44. The highest BCUT2D eigenvalue weighted by Crippen LogP contribution is 2.29. The lowest BCUT2D eigenvalue weighted by atomic mass is 10.2. The highest BCUT2D eigenvalue weighted by Gasteiger charge is 2.04. The van der Waals surface area contributed by atoms with E-state index in [1.165, 1.54) is 0 Å². The Kier molecular flexibility index (Phi) is 2.87. The fraction of sp³-hybridized carbons (Fsp3) is 0. The summed E-state index contributed by atoms with van der Waals surface area (Å²) in [6.07, 6.45) is 0. The van der Waals surface area contributed by atoms with E-state index in [1.807, 2.05) is 54.6 Å². The van der Waals surface area contributed by atoms with E-state index >= 15 is 0 Å². The van der Waals surface area contributed by atoms with E-state index in [0.29, 0.717) is 5.15 Å². The number of halogens is 1. The maximum atomic E-state index is 5.88. The lowest BCUT2D eigenvalue weighted by molar-refractivity contribution is 0.488. The van der Waals surface area contributed by atoms with Gasteiger partial charge in [0.15, 0.2) is 0 Å². The van der Waals surface area contributed by atoms with E-state index in [4.69, 9.17) is 16.3 Å². The second-order valence-corrected chi connectivity index (χ2v) is 4.26. The highest BCUT2D eigenvalue weighted by molar-refractivity contribution is 6.29. The molecule has 0 amide bonds. The predicted molar refractivity (Wildman–Crippen MR) is 73.3 cm³/mol. The molecule has 0 saturated heterocycles. The molecule has 0 bridgehead atoms. The van der Waals surface area contributed by atoms with Crippen molar-refractivity contribution in [2.75, 3.05) is 0 Å². The van der Waals surface area contributed by atoms with Crippen molar-refractivity contribution in [1.29, 1.82) is 0 Å². The fourth-order valence-electron chi connectivity index (χ4n) is 1.81. The number of hydrogen-bond acceptors (Lipinski definition) is 2. The number of nitrogens with zero attached hydrogens (tertiary/aromatic N) is 1. The van der Waals surface area contributed by atoms with Crippen molar-refractivity contribution in [1.82, 2.24) is 4.98 Å². The average molecular weight is 256 g/mol. The van der Waals surface area contributed by atoms with Crippen molar-refractivity contribution < 1.29 is 4.74 Å². The monoisotopic (exact) mass is 255 g/mol. The number of rotatable bonds is 2. The summed E-state index contributed by atoms with van der Waals surface area (Å²) in [5.74, 6) is 1.59. The van der Waals surface area contributed by atoms with Crippen LogP contribution < -0.4 is 4.74 Å². The topological polar surface area (TPSA) is 22.1 Å². The summed E-state index contributed by atoms with van der Waals surface area (Å²) >= 11 is 5.88. The zero-order valence-corrected chi connectivity index (χ0v) is 10.3. The molecule has 88 valence electrons. The molecule has 0 aliphatic carbocycles. The standard InChI is InChI=1S/C15H10ClNO/c16-15-10-9-12-13(17-15)7-4-8-14(12)18-11-5-2-1-3-6-11/h1-10H. The highest BCUT2D eigenvalue weighted by atomic mass is 35.5. The van der Waals surface area contributed by atoms with Crippen LogP contribution in [-0.2, 0) is 0 Å². The Labute approximate surface area is 110 Å². The third-order valence-corrected chi connectivity index (χ3v) is 2.84. The number of fused-ring (bicyclic) bond motifs is 1. The SMILES string of the molecule is Clc1ccc2c(Oc3ccccc3)cccc2n1. The molecule has 0 N–H and O–H groups in total. The molecule has 0 atom stereocenters. The van der Waals surface area contributed by atoms with Gasteiger partial charge < -0.3 is 4.74 Å². The van der Waals surface area contributed by atoms with Crippen LogP contribution >= 0.6 is 11.6 Å². The van der Waals surface area contributed by atoms with Crippen LogP contribution in [0.25, 0.3) is 10.9 Å². The second kappa shape index (κ2) is 4.67. The number of hydrogen-bond donors (Lipinski definition) is 0. The normalized spacial score (nSPS) is 10.5. The van der Waals surface area contributed by atoms with Crippen LogP contribution in [0, 0.1) is 0 Å². The minimum atomic E-state index is 0.486. The lowest BCUT2D eigenvalue weighted by Gasteiger charge is -2.08. The first-order valence-corrected chi connectivity index (χ1v) is 5.99. The number of aromatic nitrogens is 1. The summed E-state index contributed by atoms with van der Waals surface area (Å²) in [7, 11) is 0. The van der Waals surface area contributed by atoms with E-state index < -0.39 is 0 Å². The van der Waals surface area contributed by atoms with Crippen LogP contribution in [-0.4, -0.2) is 4.98 Å². The summed E-state index contributed by atoms with van der Waals surface area (Å²) in [4.78, 5) is 4.26. The summed E-state index contributed by atoms with van der Waals surface area (Å²) < 4.78 is 5.85. The average Bonchev–Trinajstić information content (AvgIpc) is 2.40. The third kappa shape index (κ3) is 2.15. The smallest absolute Gasteiger partial charge is 0.136 e. The van der Waals surface area contributed by atoms with Crippen LogP contribution in [0.2, 0.25) is 5.15 Å². The van der Waals surface area contributed by atoms with Gasteiger partial charge in [0.25, 0.3) is 0 Å². The largest absolute Gasteiger partial charge is 0.457 e. The molecule has 0 spiro atoms. The molecule has 1 aromatic heterocycles. The van der Waals surface area contributed by atoms with E-state index in [1.54, 1.807) is 6.07 Å². The zero-order valence-electron chi connectivity index (χ0n) is 9.51. The fourth-order valence-corrected chi connectivity index (χ4v) is 1.96. The molecule has 2 nitrogen and oxygen atoms in total. The molecule has 3 aromatic rings. The lowest BCUT2D eigenvalue weighted by Crippen LogP contribution is -1.87. The molecule has 0 saturated carbocycles. The van der Waals surface area contributed by atoms with E-state index in [0.717, 1.165) is 22.4 Å². The number of ether oxygens (including phenoxy) is 1. The quantitative estimate of drug-likeness (QED) is 0.620. The summed E-state index contributed by atoms with van der Waals surface area (Å²) in [5.41, 5.74) is 0.830. The number of para-hydroxylation sites is 1. The van der Waals surface area contributed by atoms with Crippen molar-refractivity contribution in [2.45, 2.75) is 0 Å². The van der Waals surface area contributed by atoms with Crippen molar-refractivity contribution in [2.24, 2.45) is 0 Å². The van der Waals surface area contributed by atoms with Gasteiger partial charge in [-0.05, 0) is 36.4 Å². The molecular weight excluding hydrogens is 246 g/mol. The Morgan fingerprint density at radius 3 is 2.50 bits per heavy atom. The zero-order chi connectivity index (χ0) is 12.4. The first-order valence-electron chi connectivity index (χ1n) is 5.61. The number of benzene rings is 2. The van der Waals surface area contributed by atoms with Gasteiger partial charge in [0.1, 0.15) is 16.7 Å². The molecule has 2 aromatic carbocycles. The van der Waals surface area contributed by atoms with Crippen LogP contribution in [0.5, 0.6) is 11.5 Å². The Morgan fingerprint density at radius 2 is 1.67 bits per heavy atom. The predicted octanol–water partition coefficient (Wildman–Crippen LogP) is 4.68. The summed E-state index contributed by atoms with van der Waals surface area (Å²) in [6, 6.07) is 19.1. The van der Waals surface area contributed by atoms with Gasteiger partial charge in [-0.2, -0.15) is 0 Å². The summed E-state index contributed by atoms with van der Waals surface area (Å²) in [6.45, 7) is 0. The minimum absolute atomic E-state index is 0.486.